The molecule has 0 atom stereocenters. The second-order valence-electron chi connectivity index (χ2n) is 3.48. The normalized spacial score (nSPS) is 11.2. The Bertz CT molecular complexity index is 448. The molecule has 2 N–H and O–H groups in total. The number of methoxy groups -OCH3 is 1. The lowest BCUT2D eigenvalue weighted by Gasteiger charge is -2.15. The zero-order valence-electron chi connectivity index (χ0n) is 9.95. The van der Waals surface area contributed by atoms with Crippen LogP contribution in [0.25, 0.3) is 0 Å². The van der Waals surface area contributed by atoms with Gasteiger partial charge in [0.05, 0.1) is 12.2 Å². The van der Waals surface area contributed by atoms with Crippen LogP contribution in [0.3, 0.4) is 0 Å². The summed E-state index contributed by atoms with van der Waals surface area (Å²) < 4.78 is 47.7. The number of nitrogens with one attached hydrogen (secondary N) is 1. The molecule has 1 aromatic carbocycles. The van der Waals surface area contributed by atoms with Gasteiger partial charge in [0.15, 0.2) is 0 Å². The predicted molar refractivity (Wildman–Crippen MR) is 60.5 cm³/mol. The van der Waals surface area contributed by atoms with Crippen molar-refractivity contribution in [3.8, 4) is 5.75 Å². The van der Waals surface area contributed by atoms with Crippen LogP contribution in [-0.4, -0.2) is 31.5 Å². The Morgan fingerprint density at radius 3 is 2.58 bits per heavy atom. The molecule has 0 fully saturated rings. The first-order chi connectivity index (χ1) is 8.84. The van der Waals surface area contributed by atoms with E-state index in [1.807, 2.05) is 5.32 Å². The van der Waals surface area contributed by atoms with Crippen molar-refractivity contribution >= 4 is 11.8 Å². The number of carbonyl (C=O) groups is 1. The summed E-state index contributed by atoms with van der Waals surface area (Å²) in [5.41, 5.74) is -0.979. The highest BCUT2D eigenvalue weighted by molar-refractivity contribution is 5.83. The molecular weight excluding hydrogens is 267 g/mol. The van der Waals surface area contributed by atoms with Gasteiger partial charge in [-0.15, -0.1) is 0 Å². The zero-order chi connectivity index (χ0) is 14.5. The lowest BCUT2D eigenvalue weighted by molar-refractivity contribution is -0.139. The highest BCUT2D eigenvalue weighted by Crippen LogP contribution is 2.37. The lowest BCUT2D eigenvalue weighted by atomic mass is 10.1. The van der Waals surface area contributed by atoms with Crippen LogP contribution in [0.5, 0.6) is 5.75 Å². The molecule has 1 amide bonds. The average molecular weight is 279 g/mol. The van der Waals surface area contributed by atoms with Gasteiger partial charge < -0.3 is 14.6 Å². The molecule has 0 heterocycles. The molecule has 0 aliphatic carbocycles. The molecule has 1 aromatic rings. The van der Waals surface area contributed by atoms with Gasteiger partial charge in [0, 0.05) is 18.9 Å². The number of hydrogen-bond donors (Lipinski definition) is 2. The molecule has 106 valence electrons. The van der Waals surface area contributed by atoms with Gasteiger partial charge in [-0.2, -0.15) is 13.2 Å². The van der Waals surface area contributed by atoms with E-state index in [0.717, 1.165) is 18.2 Å². The van der Waals surface area contributed by atoms with Crippen LogP contribution in [0.4, 0.5) is 23.7 Å². The molecule has 1 rings (SSSR count). The van der Waals surface area contributed by atoms with E-state index in [4.69, 9.17) is 9.84 Å². The monoisotopic (exact) mass is 279 g/mol. The highest BCUT2D eigenvalue weighted by Gasteiger charge is 2.34. The van der Waals surface area contributed by atoms with Crippen LogP contribution in [0.15, 0.2) is 18.2 Å². The number of benzene rings is 1. The summed E-state index contributed by atoms with van der Waals surface area (Å²) in [5.74, 6) is -0.448. The SMILES string of the molecule is COCCOc1cc(NC(=O)O)ccc1C(F)(F)F. The summed E-state index contributed by atoms with van der Waals surface area (Å²) in [4.78, 5) is 10.4. The average Bonchev–Trinajstić information content (AvgIpc) is 2.27. The van der Waals surface area contributed by atoms with E-state index in [2.05, 4.69) is 4.74 Å². The molecule has 0 bridgehead atoms. The summed E-state index contributed by atoms with van der Waals surface area (Å²) in [5, 5.41) is 10.5. The Hall–Kier alpha value is -1.96. The number of anilines is 1. The number of amides is 1. The van der Waals surface area contributed by atoms with Crippen molar-refractivity contribution < 1.29 is 32.5 Å². The molecule has 0 spiro atoms. The van der Waals surface area contributed by atoms with E-state index in [1.165, 1.54) is 7.11 Å². The number of halogens is 3. The van der Waals surface area contributed by atoms with E-state index in [0.29, 0.717) is 0 Å². The number of rotatable bonds is 5. The number of carboxylic acid groups (broad SMARTS) is 1. The van der Waals surface area contributed by atoms with Gasteiger partial charge in [0.25, 0.3) is 0 Å². The number of hydrogen-bond acceptors (Lipinski definition) is 3. The van der Waals surface area contributed by atoms with E-state index in [1.54, 1.807) is 0 Å². The Labute approximate surface area is 106 Å². The van der Waals surface area contributed by atoms with Crippen LogP contribution in [0.2, 0.25) is 0 Å². The van der Waals surface area contributed by atoms with Crippen molar-refractivity contribution in [2.45, 2.75) is 6.18 Å². The fraction of sp³-hybridized carbons (Fsp3) is 0.364. The summed E-state index contributed by atoms with van der Waals surface area (Å²) in [7, 11) is 1.39. The first-order valence-electron chi connectivity index (χ1n) is 5.17. The minimum atomic E-state index is -4.58. The van der Waals surface area contributed by atoms with Gasteiger partial charge in [-0.1, -0.05) is 0 Å². The minimum absolute atomic E-state index is 0.00656. The summed E-state index contributed by atoms with van der Waals surface area (Å²) in [6, 6.07) is 2.75. The van der Waals surface area contributed by atoms with Crippen molar-refractivity contribution in [1.29, 1.82) is 0 Å². The molecule has 0 saturated heterocycles. The molecular formula is C11H12F3NO4. The fourth-order valence-electron chi connectivity index (χ4n) is 1.31. The van der Waals surface area contributed by atoms with Gasteiger partial charge in [-0.25, -0.2) is 4.79 Å². The fourth-order valence-corrected chi connectivity index (χ4v) is 1.31. The maximum Gasteiger partial charge on any atom is 0.419 e. The van der Waals surface area contributed by atoms with E-state index >= 15 is 0 Å². The molecule has 0 aliphatic rings. The van der Waals surface area contributed by atoms with Crippen LogP contribution in [0.1, 0.15) is 5.56 Å². The Balaban J connectivity index is 3.00. The topological polar surface area (TPSA) is 67.8 Å². The van der Waals surface area contributed by atoms with E-state index in [-0.39, 0.29) is 18.9 Å². The zero-order valence-corrected chi connectivity index (χ0v) is 9.95. The standard InChI is InChI=1S/C11H12F3NO4/c1-18-4-5-19-9-6-7(15-10(16)17)2-3-8(9)11(12,13)14/h2-3,6,15H,4-5H2,1H3,(H,16,17). The first-order valence-corrected chi connectivity index (χ1v) is 5.17. The minimum Gasteiger partial charge on any atom is -0.490 e. The summed E-state index contributed by atoms with van der Waals surface area (Å²) in [6.07, 6.45) is -5.95. The number of ether oxygens (including phenoxy) is 2. The predicted octanol–water partition coefficient (Wildman–Crippen LogP) is 2.82. The molecule has 0 aliphatic heterocycles. The first kappa shape index (κ1) is 15.1. The maximum absolute atomic E-state index is 12.7. The largest absolute Gasteiger partial charge is 0.490 e. The third kappa shape index (κ3) is 4.66. The van der Waals surface area contributed by atoms with Gasteiger partial charge in [0.1, 0.15) is 12.4 Å². The molecule has 5 nitrogen and oxygen atoms in total. The van der Waals surface area contributed by atoms with E-state index < -0.39 is 23.6 Å². The second kappa shape index (κ2) is 6.28. The Morgan fingerprint density at radius 1 is 1.37 bits per heavy atom. The van der Waals surface area contributed by atoms with Crippen molar-refractivity contribution in [3.63, 3.8) is 0 Å². The van der Waals surface area contributed by atoms with Gasteiger partial charge in [-0.05, 0) is 12.1 Å². The van der Waals surface area contributed by atoms with Crippen molar-refractivity contribution in [2.24, 2.45) is 0 Å². The summed E-state index contributed by atoms with van der Waals surface area (Å²) in [6.45, 7) is 0.0456. The molecule has 0 aromatic heterocycles. The maximum atomic E-state index is 12.7. The van der Waals surface area contributed by atoms with E-state index in [9.17, 15) is 18.0 Å². The molecule has 19 heavy (non-hydrogen) atoms. The molecule has 0 radical (unpaired) electrons. The van der Waals surface area contributed by atoms with Crippen LogP contribution < -0.4 is 10.1 Å². The van der Waals surface area contributed by atoms with Gasteiger partial charge in [-0.3, -0.25) is 5.32 Å². The quantitative estimate of drug-likeness (QED) is 0.813. The Kier molecular flexibility index (Phi) is 4.99. The van der Waals surface area contributed by atoms with Crippen LogP contribution in [-0.2, 0) is 10.9 Å². The third-order valence-electron chi connectivity index (χ3n) is 2.08. The lowest BCUT2D eigenvalue weighted by Crippen LogP contribution is -2.13. The van der Waals surface area contributed by atoms with Crippen molar-refractivity contribution in [3.05, 3.63) is 23.8 Å². The highest BCUT2D eigenvalue weighted by atomic mass is 19.4. The molecule has 0 unspecified atom stereocenters. The second-order valence-corrected chi connectivity index (χ2v) is 3.48. The van der Waals surface area contributed by atoms with Gasteiger partial charge >= 0.3 is 12.3 Å². The number of alkyl halides is 3. The van der Waals surface area contributed by atoms with Crippen molar-refractivity contribution in [2.75, 3.05) is 25.6 Å². The van der Waals surface area contributed by atoms with Crippen LogP contribution >= 0.6 is 0 Å². The third-order valence-corrected chi connectivity index (χ3v) is 2.08. The Morgan fingerprint density at radius 2 is 2.05 bits per heavy atom. The summed E-state index contributed by atoms with van der Waals surface area (Å²) >= 11 is 0. The smallest absolute Gasteiger partial charge is 0.419 e. The van der Waals surface area contributed by atoms with Gasteiger partial charge in [0.2, 0.25) is 0 Å². The molecule has 8 heteroatoms. The molecule has 0 saturated carbocycles. The van der Waals surface area contributed by atoms with Crippen LogP contribution in [0, 0.1) is 0 Å². The van der Waals surface area contributed by atoms with Crippen molar-refractivity contribution in [1.82, 2.24) is 0 Å².